The zero-order valence-corrected chi connectivity index (χ0v) is 13.3. The Morgan fingerprint density at radius 3 is 2.80 bits per heavy atom. The Morgan fingerprint density at radius 1 is 1.35 bits per heavy atom. The van der Waals surface area contributed by atoms with Crippen LogP contribution in [0.25, 0.3) is 0 Å². The smallest absolute Gasteiger partial charge is 0.124 e. The topological polar surface area (TPSA) is 29.9 Å². The fourth-order valence-electron chi connectivity index (χ4n) is 2.28. The zero-order chi connectivity index (χ0) is 14.5. The molecule has 0 aliphatic rings. The monoisotopic (exact) mass is 339 g/mol. The van der Waals surface area contributed by atoms with Gasteiger partial charge in [-0.3, -0.25) is 4.68 Å². The normalized spacial score (nSPS) is 12.6. The lowest BCUT2D eigenvalue weighted by Gasteiger charge is -2.13. The van der Waals surface area contributed by atoms with Crippen molar-refractivity contribution >= 4 is 15.9 Å². The Bertz CT molecular complexity index is 548. The summed E-state index contributed by atoms with van der Waals surface area (Å²) < 4.78 is 15.9. The molecule has 0 amide bonds. The number of nitrogens with zero attached hydrogens (tertiary/aromatic N) is 2. The van der Waals surface area contributed by atoms with E-state index >= 15 is 0 Å². The summed E-state index contributed by atoms with van der Waals surface area (Å²) in [5, 5.41) is 7.78. The highest BCUT2D eigenvalue weighted by molar-refractivity contribution is 9.10. The third kappa shape index (κ3) is 3.90. The molecule has 0 saturated heterocycles. The molecule has 1 unspecified atom stereocenters. The molecule has 0 radical (unpaired) electrons. The van der Waals surface area contributed by atoms with Crippen molar-refractivity contribution in [2.24, 2.45) is 0 Å². The molecule has 1 aromatic heterocycles. The molecule has 0 spiro atoms. The molecule has 5 heteroatoms. The molecule has 0 aliphatic carbocycles. The first kappa shape index (κ1) is 15.2. The Kier molecular flexibility index (Phi) is 5.31. The fraction of sp³-hybridized carbons (Fsp3) is 0.400. The number of hydrogen-bond acceptors (Lipinski definition) is 2. The van der Waals surface area contributed by atoms with Crippen molar-refractivity contribution in [3.8, 4) is 0 Å². The second-order valence-electron chi connectivity index (χ2n) is 4.77. The van der Waals surface area contributed by atoms with Gasteiger partial charge in [-0.15, -0.1) is 0 Å². The van der Waals surface area contributed by atoms with E-state index < -0.39 is 0 Å². The maximum absolute atomic E-state index is 13.3. The molecular weight excluding hydrogens is 321 g/mol. The molecular formula is C15H19BrFN3. The van der Waals surface area contributed by atoms with Crippen LogP contribution in [0.2, 0.25) is 0 Å². The van der Waals surface area contributed by atoms with Gasteiger partial charge in [0.25, 0.3) is 0 Å². The number of halogens is 2. The van der Waals surface area contributed by atoms with Gasteiger partial charge >= 0.3 is 0 Å². The van der Waals surface area contributed by atoms with Crippen molar-refractivity contribution < 1.29 is 4.39 Å². The van der Waals surface area contributed by atoms with Gasteiger partial charge in [-0.05, 0) is 36.7 Å². The molecule has 1 heterocycles. The Balaban J connectivity index is 2.12. The van der Waals surface area contributed by atoms with E-state index in [1.165, 1.54) is 17.7 Å². The standard InChI is InChI=1S/C15H19BrFN3/c1-3-15(18-4-2)12-8-19-20(10-12)9-11-5-13(16)7-14(17)6-11/h5-8,10,15,18H,3-4,9H2,1-2H3. The first-order valence-electron chi connectivity index (χ1n) is 6.83. The lowest BCUT2D eigenvalue weighted by atomic mass is 10.1. The van der Waals surface area contributed by atoms with Crippen molar-refractivity contribution in [3.63, 3.8) is 0 Å². The summed E-state index contributed by atoms with van der Waals surface area (Å²) in [6, 6.07) is 5.23. The van der Waals surface area contributed by atoms with Crippen molar-refractivity contribution in [3.05, 3.63) is 52.0 Å². The van der Waals surface area contributed by atoms with Gasteiger partial charge in [-0.2, -0.15) is 5.10 Å². The van der Waals surface area contributed by atoms with Crippen LogP contribution in [-0.2, 0) is 6.54 Å². The number of rotatable bonds is 6. The van der Waals surface area contributed by atoms with Crippen LogP contribution in [0.4, 0.5) is 4.39 Å². The minimum absolute atomic E-state index is 0.235. The summed E-state index contributed by atoms with van der Waals surface area (Å²) in [7, 11) is 0. The van der Waals surface area contributed by atoms with E-state index in [0.29, 0.717) is 12.6 Å². The highest BCUT2D eigenvalue weighted by Crippen LogP contribution is 2.18. The van der Waals surface area contributed by atoms with E-state index in [4.69, 9.17) is 0 Å². The summed E-state index contributed by atoms with van der Waals surface area (Å²) in [5.74, 6) is -0.235. The van der Waals surface area contributed by atoms with Crippen molar-refractivity contribution in [2.45, 2.75) is 32.9 Å². The van der Waals surface area contributed by atoms with E-state index in [1.807, 2.05) is 23.1 Å². The minimum Gasteiger partial charge on any atom is -0.310 e. The molecule has 1 aromatic carbocycles. The summed E-state index contributed by atoms with van der Waals surface area (Å²) >= 11 is 3.31. The maximum Gasteiger partial charge on any atom is 0.124 e. The van der Waals surface area contributed by atoms with E-state index in [9.17, 15) is 4.39 Å². The van der Waals surface area contributed by atoms with Crippen LogP contribution in [0.1, 0.15) is 37.4 Å². The predicted octanol–water partition coefficient (Wildman–Crippen LogP) is 3.89. The average molecular weight is 340 g/mol. The molecule has 108 valence electrons. The molecule has 3 nitrogen and oxygen atoms in total. The van der Waals surface area contributed by atoms with Crippen LogP contribution in [0, 0.1) is 5.82 Å². The van der Waals surface area contributed by atoms with Crippen LogP contribution in [0.3, 0.4) is 0 Å². The van der Waals surface area contributed by atoms with E-state index in [-0.39, 0.29) is 5.82 Å². The van der Waals surface area contributed by atoms with Crippen molar-refractivity contribution in [1.29, 1.82) is 0 Å². The summed E-state index contributed by atoms with van der Waals surface area (Å²) in [4.78, 5) is 0. The van der Waals surface area contributed by atoms with Gasteiger partial charge in [-0.1, -0.05) is 29.8 Å². The van der Waals surface area contributed by atoms with Gasteiger partial charge in [0, 0.05) is 22.3 Å². The molecule has 1 N–H and O–H groups in total. The van der Waals surface area contributed by atoms with Gasteiger partial charge < -0.3 is 5.32 Å². The molecule has 0 saturated carbocycles. The van der Waals surface area contributed by atoms with Crippen molar-refractivity contribution in [1.82, 2.24) is 15.1 Å². The van der Waals surface area contributed by atoms with Crippen molar-refractivity contribution in [2.75, 3.05) is 6.54 Å². The Morgan fingerprint density at radius 2 is 2.15 bits per heavy atom. The second-order valence-corrected chi connectivity index (χ2v) is 5.68. The summed E-state index contributed by atoms with van der Waals surface area (Å²) in [5.41, 5.74) is 2.06. The number of aromatic nitrogens is 2. The van der Waals surface area contributed by atoms with E-state index in [0.717, 1.165) is 23.0 Å². The van der Waals surface area contributed by atoms with Gasteiger partial charge in [0.1, 0.15) is 5.82 Å². The SMILES string of the molecule is CCNC(CC)c1cnn(Cc2cc(F)cc(Br)c2)c1. The first-order chi connectivity index (χ1) is 9.62. The highest BCUT2D eigenvalue weighted by atomic mass is 79.9. The third-order valence-corrected chi connectivity index (χ3v) is 3.64. The highest BCUT2D eigenvalue weighted by Gasteiger charge is 2.10. The molecule has 2 aromatic rings. The fourth-order valence-corrected chi connectivity index (χ4v) is 2.79. The molecule has 20 heavy (non-hydrogen) atoms. The second kappa shape index (κ2) is 6.99. The maximum atomic E-state index is 13.3. The third-order valence-electron chi connectivity index (χ3n) is 3.18. The van der Waals surface area contributed by atoms with Crippen LogP contribution in [0.5, 0.6) is 0 Å². The average Bonchev–Trinajstić information content (AvgIpc) is 2.83. The number of hydrogen-bond donors (Lipinski definition) is 1. The van der Waals surface area contributed by atoms with E-state index in [1.54, 1.807) is 0 Å². The van der Waals surface area contributed by atoms with Gasteiger partial charge in [0.2, 0.25) is 0 Å². The quantitative estimate of drug-likeness (QED) is 0.865. The number of nitrogens with one attached hydrogen (secondary N) is 1. The zero-order valence-electron chi connectivity index (χ0n) is 11.7. The van der Waals surface area contributed by atoms with Crippen LogP contribution in [0.15, 0.2) is 35.1 Å². The summed E-state index contributed by atoms with van der Waals surface area (Å²) in [6.07, 6.45) is 4.92. The van der Waals surface area contributed by atoms with Gasteiger partial charge in [0.05, 0.1) is 12.7 Å². The molecule has 2 rings (SSSR count). The molecule has 0 aliphatic heterocycles. The van der Waals surface area contributed by atoms with E-state index in [2.05, 4.69) is 40.2 Å². The molecule has 0 fully saturated rings. The minimum atomic E-state index is -0.235. The Hall–Kier alpha value is -1.20. The largest absolute Gasteiger partial charge is 0.310 e. The van der Waals surface area contributed by atoms with Gasteiger partial charge in [0.15, 0.2) is 0 Å². The molecule has 0 bridgehead atoms. The van der Waals surface area contributed by atoms with Gasteiger partial charge in [-0.25, -0.2) is 4.39 Å². The number of benzene rings is 1. The van der Waals surface area contributed by atoms with Crippen LogP contribution < -0.4 is 5.32 Å². The van der Waals surface area contributed by atoms with Crippen LogP contribution >= 0.6 is 15.9 Å². The van der Waals surface area contributed by atoms with Crippen LogP contribution in [-0.4, -0.2) is 16.3 Å². The lowest BCUT2D eigenvalue weighted by molar-refractivity contribution is 0.536. The molecule has 1 atom stereocenters. The summed E-state index contributed by atoms with van der Waals surface area (Å²) in [6.45, 7) is 5.74. The lowest BCUT2D eigenvalue weighted by Crippen LogP contribution is -2.19. The first-order valence-corrected chi connectivity index (χ1v) is 7.62. The predicted molar refractivity (Wildman–Crippen MR) is 82.1 cm³/mol. The Labute approximate surface area is 127 Å².